The quantitative estimate of drug-likeness (QED) is 0.0835. The fourth-order valence-corrected chi connectivity index (χ4v) is 19.3. The predicted octanol–water partition coefficient (Wildman–Crippen LogP) is 2.97. The van der Waals surface area contributed by atoms with Gasteiger partial charge in [-0.05, 0) is 73.2 Å². The van der Waals surface area contributed by atoms with Crippen LogP contribution in [0.25, 0.3) is 0 Å². The average Bonchev–Trinajstić information content (AvgIpc) is 1.37. The first-order valence-corrected chi connectivity index (χ1v) is 47.2. The molecule has 13 N–H and O–H groups in total. The Hall–Kier alpha value is -9.30. The van der Waals surface area contributed by atoms with Gasteiger partial charge in [0.25, 0.3) is 0 Å². The highest BCUT2D eigenvalue weighted by Crippen LogP contribution is 2.31. The number of aliphatic carboxylic acids is 1. The summed E-state index contributed by atoms with van der Waals surface area (Å²) in [5.74, 6) is -22.2. The van der Waals surface area contributed by atoms with Gasteiger partial charge in [0.15, 0.2) is 28.9 Å². The number of hydrogen-bond acceptors (Lipinski definition) is 24. The van der Waals surface area contributed by atoms with E-state index in [0.717, 1.165) is 35.3 Å². The number of fused-ring (bicyclic) bond motifs is 10. The number of nitrogens with one attached hydrogen (secondary N) is 12. The van der Waals surface area contributed by atoms with Crippen molar-refractivity contribution < 1.29 is 101 Å². The van der Waals surface area contributed by atoms with Crippen LogP contribution in [0.4, 0.5) is 0 Å². The van der Waals surface area contributed by atoms with Gasteiger partial charge in [-0.1, -0.05) is 139 Å². The molecule has 13 amide bonds. The Balaban J connectivity index is 1.56. The van der Waals surface area contributed by atoms with Crippen LogP contribution in [-0.4, -0.2) is 252 Å². The normalized spacial score (nSPS) is 29.3. The molecule has 0 spiro atoms. The van der Waals surface area contributed by atoms with Crippen LogP contribution in [0.5, 0.6) is 0 Å². The second-order valence-electron chi connectivity index (χ2n) is 34.3. The smallest absolute Gasteiger partial charge is 0.303 e. The van der Waals surface area contributed by atoms with Gasteiger partial charge in [0.1, 0.15) is 42.0 Å². The van der Waals surface area contributed by atoms with E-state index in [1.807, 2.05) is 0 Å². The third kappa shape index (κ3) is 33.1. The second kappa shape index (κ2) is 50.9. The molecule has 19 atom stereocenters. The van der Waals surface area contributed by atoms with Crippen molar-refractivity contribution in [1.82, 2.24) is 68.7 Å². The van der Waals surface area contributed by atoms with Crippen molar-refractivity contribution in [3.63, 3.8) is 0 Å². The zero-order chi connectivity index (χ0) is 92.8. The molecular formula is C87H127N13O21S4. The molecule has 0 saturated carbocycles. The largest absolute Gasteiger partial charge is 0.481 e. The Morgan fingerprint density at radius 1 is 0.584 bits per heavy atom. The molecule has 4 saturated heterocycles. The molecule has 34 nitrogen and oxygen atoms in total. The molecule has 125 heavy (non-hydrogen) atoms. The third-order valence-electron chi connectivity index (χ3n) is 22.7. The van der Waals surface area contributed by atoms with Gasteiger partial charge in [-0.3, -0.25) is 95.9 Å². The molecule has 1 aromatic rings. The maximum absolute atomic E-state index is 16.2. The van der Waals surface area contributed by atoms with E-state index in [9.17, 15) is 62.6 Å². The molecule has 2 unspecified atom stereocenters. The van der Waals surface area contributed by atoms with Crippen molar-refractivity contribution in [3.8, 4) is 0 Å². The first-order chi connectivity index (χ1) is 59.0. The number of rotatable bonds is 20. The molecule has 690 valence electrons. The molecule has 4 fully saturated rings. The summed E-state index contributed by atoms with van der Waals surface area (Å²) in [7, 11) is 0. The highest BCUT2D eigenvalue weighted by Gasteiger charge is 2.45. The van der Waals surface area contributed by atoms with Crippen LogP contribution >= 0.6 is 47.0 Å². The van der Waals surface area contributed by atoms with Crippen LogP contribution in [-0.2, 0) is 102 Å². The second-order valence-corrected chi connectivity index (χ2v) is 39.8. The SMILES string of the molecule is C=C1CC(=O)[C@@H]2NC(=O)[C@H](CC(C)C)NC(=O)[C@H](CC(=O)[C@@H]3CS[C@@H](C)[C@@H](NC(=O)[C@@H](CC(=O)C4NC(=O)[C@@H](C)CS[C@H]4C)Cc4ccccc4)C(=O)N[C@@H](CC(C)C)C(=O)N4CCC[C@H]4C(=O)CCC(=O)CCC(=O)NCC(=O)NCC(=O)N[C@@H](C(C)C)C(=O)N3)[C@H](C)SC[C@H](NC(=O)[C@H](CCC(=O)O)NC1=O)C(=O)N[C@@H](C(C)CC)C(=O)C/C=C\S[C@H]2C. The van der Waals surface area contributed by atoms with E-state index in [0.29, 0.717) is 24.2 Å². The van der Waals surface area contributed by atoms with E-state index in [1.54, 1.807) is 106 Å². The number of nitrogens with zero attached hydrogens (tertiary/aromatic N) is 1. The zero-order valence-corrected chi connectivity index (χ0v) is 77.0. The molecule has 5 aliphatic rings. The van der Waals surface area contributed by atoms with Crippen LogP contribution in [0.2, 0.25) is 0 Å². The molecule has 0 aromatic heterocycles. The van der Waals surface area contributed by atoms with Gasteiger partial charge in [0.2, 0.25) is 76.8 Å². The summed E-state index contributed by atoms with van der Waals surface area (Å²) < 4.78 is 0. The van der Waals surface area contributed by atoms with Gasteiger partial charge in [-0.15, -0.1) is 11.8 Å². The standard InChI is InChI=1S/C87H127N13O21S4/c1-15-47(8)74-65(103)24-20-32-122-51(12)75-67(105)35-48(9)78(112)90-58(27-30-72(110)111)82(116)94-62(84(118)96-74)43-124-50(11)57(81(115)91-59(33-44(2)3)83(117)98-75)38-66(104)61-42-125-53(14)77(99-80(114)55(36-54-21-17-16-18-22-54)37-68(106)76-52(13)123-41-49(10)79(113)97-76)86(120)92-60(34-45(4)5)87(121)100-31-19-23-63(100)64(102)28-25-56(101)26-29-69(107)88-39-70(108)89-40-71(109)95-73(46(6)7)85(119)93-61/h16-18,20-22,32,44-47,49-53,55,57-63,73-77H,9,15,19,23-31,33-43H2,1-8,10-14H3,(H,88,107)(H,89,108)(H,90,112)(H,91,115)(H,92,120)(H,93,119)(H,94,116)(H,95,109)(H,96,118)(H,97,113)(H,98,117)(H,99,114)(H,110,111)/b32-20-/t47?,49-,50-,51-,52-,53-,55+,57+,58-,59-,60-,61-,62-,63-,73-,74-,75+,76?,77+/m0/s1. The van der Waals surface area contributed by atoms with Crippen molar-refractivity contribution in [2.24, 2.45) is 41.4 Å². The number of hydrogen-bond donors (Lipinski definition) is 13. The number of carboxylic acid groups (broad SMARTS) is 1. The van der Waals surface area contributed by atoms with Crippen molar-refractivity contribution in [3.05, 3.63) is 59.5 Å². The third-order valence-corrected chi connectivity index (χ3v) is 28.0. The lowest BCUT2D eigenvalue weighted by atomic mass is 9.90. The van der Waals surface area contributed by atoms with Gasteiger partial charge >= 0.3 is 5.97 Å². The predicted molar refractivity (Wildman–Crippen MR) is 474 cm³/mol. The summed E-state index contributed by atoms with van der Waals surface area (Å²) in [6, 6.07) is -7.40. The first-order valence-electron chi connectivity index (χ1n) is 43.1. The molecule has 1 aromatic carbocycles. The molecule has 0 aliphatic carbocycles. The van der Waals surface area contributed by atoms with E-state index in [-0.39, 0.29) is 82.1 Å². The Morgan fingerprint density at radius 2 is 1.22 bits per heavy atom. The van der Waals surface area contributed by atoms with E-state index >= 15 is 38.4 Å². The first kappa shape index (κ1) is 104. The number of ketones is 6. The summed E-state index contributed by atoms with van der Waals surface area (Å²) in [5, 5.41) is 39.9. The lowest BCUT2D eigenvalue weighted by Crippen LogP contribution is -2.59. The van der Waals surface area contributed by atoms with E-state index in [2.05, 4.69) is 70.4 Å². The Kier molecular flexibility index (Phi) is 42.5. The number of carboxylic acids is 1. The summed E-state index contributed by atoms with van der Waals surface area (Å²) in [5.41, 5.74) is 0.207. The van der Waals surface area contributed by atoms with Gasteiger partial charge in [-0.2, -0.15) is 35.3 Å². The van der Waals surface area contributed by atoms with Crippen molar-refractivity contribution >= 4 is 165 Å². The van der Waals surface area contributed by atoms with Gasteiger partial charge in [-0.25, -0.2) is 0 Å². The molecular weight excluding hydrogens is 1690 g/mol. The number of Topliss-reactive ketones (excluding diaryl/α,β-unsaturated/α-hetero) is 6. The van der Waals surface area contributed by atoms with Gasteiger partial charge in [0, 0.05) is 120 Å². The minimum absolute atomic E-state index is 0.0201. The van der Waals surface area contributed by atoms with E-state index in [4.69, 9.17) is 0 Å². The average molecular weight is 1820 g/mol. The summed E-state index contributed by atoms with van der Waals surface area (Å²) in [4.78, 5) is 291. The monoisotopic (exact) mass is 1820 g/mol. The van der Waals surface area contributed by atoms with E-state index in [1.165, 1.54) is 42.0 Å². The molecule has 5 aliphatic heterocycles. The fraction of sp³-hybridized carbons (Fsp3) is 0.655. The molecule has 2 bridgehead atoms. The maximum atomic E-state index is 16.2. The Morgan fingerprint density at radius 3 is 1.88 bits per heavy atom. The zero-order valence-electron chi connectivity index (χ0n) is 73.7. The molecule has 6 rings (SSSR count). The summed E-state index contributed by atoms with van der Waals surface area (Å²) in [6.07, 6.45) is -2.60. The lowest BCUT2D eigenvalue weighted by Gasteiger charge is -2.33. The van der Waals surface area contributed by atoms with Gasteiger partial charge in [0.05, 0.1) is 49.2 Å². The van der Waals surface area contributed by atoms with E-state index < -0.39 is 291 Å². The number of thioether (sulfide) groups is 4. The minimum Gasteiger partial charge on any atom is -0.481 e. The number of benzene rings is 1. The Labute approximate surface area is 747 Å². The number of amides is 13. The van der Waals surface area contributed by atoms with Crippen LogP contribution in [0, 0.1) is 41.4 Å². The van der Waals surface area contributed by atoms with Crippen molar-refractivity contribution in [2.75, 3.05) is 36.9 Å². The highest BCUT2D eigenvalue weighted by atomic mass is 32.2. The lowest BCUT2D eigenvalue weighted by molar-refractivity contribution is -0.142. The van der Waals surface area contributed by atoms with Crippen LogP contribution in [0.15, 0.2) is 54.0 Å². The molecule has 5 heterocycles. The van der Waals surface area contributed by atoms with Crippen LogP contribution in [0.3, 0.4) is 0 Å². The van der Waals surface area contributed by atoms with Crippen molar-refractivity contribution in [2.45, 2.75) is 280 Å². The Bertz CT molecular complexity index is 4150. The topological polar surface area (TPSA) is 509 Å². The molecule has 0 radical (unpaired) electrons. The number of carbonyl (C=O) groups excluding carboxylic acids is 19. The number of allylic oxidation sites excluding steroid dienone is 1. The summed E-state index contributed by atoms with van der Waals surface area (Å²) >= 11 is 4.12. The number of carbonyl (C=O) groups is 20. The highest BCUT2D eigenvalue weighted by molar-refractivity contribution is 8.02. The van der Waals surface area contributed by atoms with Crippen molar-refractivity contribution in [1.29, 1.82) is 0 Å². The van der Waals surface area contributed by atoms with Crippen LogP contribution < -0.4 is 63.8 Å². The fourth-order valence-electron chi connectivity index (χ4n) is 15.0. The maximum Gasteiger partial charge on any atom is 0.303 e. The summed E-state index contributed by atoms with van der Waals surface area (Å²) in [6.45, 7) is 24.3. The van der Waals surface area contributed by atoms with Crippen LogP contribution in [0.1, 0.15) is 192 Å². The minimum atomic E-state index is -1.78. The molecule has 38 heteroatoms. The van der Waals surface area contributed by atoms with Gasteiger partial charge < -0.3 is 73.8 Å².